The summed E-state index contributed by atoms with van der Waals surface area (Å²) in [6, 6.07) is 0. The van der Waals surface area contributed by atoms with E-state index in [-0.39, 0.29) is 12.5 Å². The van der Waals surface area contributed by atoms with Gasteiger partial charge in [-0.1, -0.05) is 19.3 Å². The zero-order chi connectivity index (χ0) is 14.0. The molecule has 1 amide bonds. The van der Waals surface area contributed by atoms with Crippen LogP contribution < -0.4 is 11.1 Å². The Kier molecular flexibility index (Phi) is 4.44. The first-order chi connectivity index (χ1) is 8.15. The van der Waals surface area contributed by atoms with Crippen LogP contribution in [0.2, 0.25) is 0 Å². The van der Waals surface area contributed by atoms with Gasteiger partial charge in [-0.15, -0.1) is 0 Å². The highest BCUT2D eigenvalue weighted by Crippen LogP contribution is 2.32. The third-order valence-electron chi connectivity index (χ3n) is 4.67. The van der Waals surface area contributed by atoms with Gasteiger partial charge in [-0.2, -0.15) is 0 Å². The van der Waals surface area contributed by atoms with Crippen LogP contribution in [0.4, 0.5) is 0 Å². The van der Waals surface area contributed by atoms with Crippen molar-refractivity contribution in [1.82, 2.24) is 5.32 Å². The lowest BCUT2D eigenvalue weighted by molar-refractivity contribution is -0.135. The van der Waals surface area contributed by atoms with Gasteiger partial charge >= 0.3 is 0 Å². The fraction of sp³-hybridized carbons (Fsp3) is 0.929. The number of carbonyl (C=O) groups is 1. The Morgan fingerprint density at radius 3 is 2.11 bits per heavy atom. The molecule has 4 N–H and O–H groups in total. The van der Waals surface area contributed by atoms with Crippen LogP contribution in [0.5, 0.6) is 0 Å². The number of amides is 1. The van der Waals surface area contributed by atoms with E-state index in [0.29, 0.717) is 0 Å². The fourth-order valence-corrected chi connectivity index (χ4v) is 2.24. The molecule has 0 radical (unpaired) electrons. The van der Waals surface area contributed by atoms with Gasteiger partial charge in [0.15, 0.2) is 0 Å². The summed E-state index contributed by atoms with van der Waals surface area (Å²) in [5, 5.41) is 12.7. The molecule has 1 rings (SSSR count). The maximum absolute atomic E-state index is 12.4. The summed E-state index contributed by atoms with van der Waals surface area (Å²) in [6.07, 6.45) is 5.02. The lowest BCUT2D eigenvalue weighted by atomic mass is 9.73. The summed E-state index contributed by atoms with van der Waals surface area (Å²) in [4.78, 5) is 12.4. The van der Waals surface area contributed by atoms with Gasteiger partial charge in [-0.3, -0.25) is 4.79 Å². The minimum absolute atomic E-state index is 0.0137. The minimum Gasteiger partial charge on any atom is -0.394 e. The fourth-order valence-electron chi connectivity index (χ4n) is 2.24. The Morgan fingerprint density at radius 1 is 1.22 bits per heavy atom. The summed E-state index contributed by atoms with van der Waals surface area (Å²) in [5.41, 5.74) is 4.39. The van der Waals surface area contributed by atoms with E-state index in [1.807, 2.05) is 27.7 Å². The van der Waals surface area contributed by atoms with E-state index >= 15 is 0 Å². The van der Waals surface area contributed by atoms with Crippen LogP contribution in [-0.4, -0.2) is 28.7 Å². The number of nitrogens with two attached hydrogens (primary N) is 1. The van der Waals surface area contributed by atoms with Gasteiger partial charge in [0.05, 0.1) is 17.6 Å². The number of hydrogen-bond acceptors (Lipinski definition) is 3. The van der Waals surface area contributed by atoms with E-state index in [2.05, 4.69) is 5.32 Å². The van der Waals surface area contributed by atoms with Crippen molar-refractivity contribution in [2.24, 2.45) is 11.1 Å². The zero-order valence-corrected chi connectivity index (χ0v) is 12.2. The lowest BCUT2D eigenvalue weighted by Gasteiger charge is -2.43. The molecule has 4 nitrogen and oxygen atoms in total. The summed E-state index contributed by atoms with van der Waals surface area (Å²) >= 11 is 0. The smallest absolute Gasteiger partial charge is 0.228 e. The van der Waals surface area contributed by atoms with Crippen LogP contribution in [-0.2, 0) is 4.79 Å². The predicted molar refractivity (Wildman–Crippen MR) is 73.1 cm³/mol. The van der Waals surface area contributed by atoms with E-state index in [0.717, 1.165) is 25.7 Å². The van der Waals surface area contributed by atoms with Crippen molar-refractivity contribution < 1.29 is 9.90 Å². The lowest BCUT2D eigenvalue weighted by Crippen LogP contribution is -2.61. The van der Waals surface area contributed by atoms with Crippen molar-refractivity contribution in [3.8, 4) is 0 Å². The molecular weight excluding hydrogens is 228 g/mol. The van der Waals surface area contributed by atoms with E-state index in [9.17, 15) is 9.90 Å². The van der Waals surface area contributed by atoms with Crippen molar-refractivity contribution in [2.75, 3.05) is 6.61 Å². The number of hydrogen-bond donors (Lipinski definition) is 3. The zero-order valence-electron chi connectivity index (χ0n) is 12.2. The molecule has 4 heteroatoms. The minimum atomic E-state index is -0.660. The number of carbonyl (C=O) groups excluding carboxylic acids is 1. The highest BCUT2D eigenvalue weighted by molar-refractivity contribution is 5.84. The molecule has 0 bridgehead atoms. The molecule has 1 fully saturated rings. The highest BCUT2D eigenvalue weighted by atomic mass is 16.3. The highest BCUT2D eigenvalue weighted by Gasteiger charge is 2.44. The summed E-state index contributed by atoms with van der Waals surface area (Å²) in [5.74, 6) is -0.0639. The molecular formula is C14H28N2O2. The molecule has 0 saturated heterocycles. The third-order valence-corrected chi connectivity index (χ3v) is 4.67. The SMILES string of the molecule is CC(C)(N)C(C)(C)C(=O)NC1(CO)CCCCC1. The predicted octanol–water partition coefficient (Wildman–Crippen LogP) is 1.56. The van der Waals surface area contributed by atoms with Gasteiger partial charge < -0.3 is 16.2 Å². The molecule has 106 valence electrons. The van der Waals surface area contributed by atoms with Crippen molar-refractivity contribution in [1.29, 1.82) is 0 Å². The Morgan fingerprint density at radius 2 is 1.72 bits per heavy atom. The van der Waals surface area contributed by atoms with E-state index in [1.54, 1.807) is 0 Å². The molecule has 0 aromatic carbocycles. The van der Waals surface area contributed by atoms with Crippen LogP contribution >= 0.6 is 0 Å². The molecule has 0 aromatic rings. The van der Waals surface area contributed by atoms with E-state index in [1.165, 1.54) is 6.42 Å². The Labute approximate surface area is 110 Å². The first kappa shape index (κ1) is 15.4. The summed E-state index contributed by atoms with van der Waals surface area (Å²) < 4.78 is 0. The molecule has 0 aromatic heterocycles. The molecule has 18 heavy (non-hydrogen) atoms. The second-order valence-corrected chi connectivity index (χ2v) is 6.80. The van der Waals surface area contributed by atoms with Crippen molar-refractivity contribution >= 4 is 5.91 Å². The van der Waals surface area contributed by atoms with Crippen molar-refractivity contribution in [3.05, 3.63) is 0 Å². The van der Waals surface area contributed by atoms with Gasteiger partial charge in [0.2, 0.25) is 5.91 Å². The molecule has 1 saturated carbocycles. The van der Waals surface area contributed by atoms with Gasteiger partial charge in [-0.25, -0.2) is 0 Å². The first-order valence-corrected chi connectivity index (χ1v) is 6.87. The molecule has 0 aliphatic heterocycles. The second kappa shape index (κ2) is 5.17. The molecule has 0 spiro atoms. The molecule has 0 atom stereocenters. The molecule has 0 heterocycles. The average molecular weight is 256 g/mol. The van der Waals surface area contributed by atoms with Gasteiger partial charge in [-0.05, 0) is 40.5 Å². The van der Waals surface area contributed by atoms with Gasteiger partial charge in [0.25, 0.3) is 0 Å². The molecule has 1 aliphatic rings. The van der Waals surface area contributed by atoms with E-state index < -0.39 is 16.5 Å². The van der Waals surface area contributed by atoms with Crippen LogP contribution in [0.1, 0.15) is 59.8 Å². The third kappa shape index (κ3) is 3.04. The normalized spacial score (nSPS) is 20.6. The number of aliphatic hydroxyl groups is 1. The Hall–Kier alpha value is -0.610. The standard InChI is InChI=1S/C14H28N2O2/c1-12(2,13(3,4)15)11(18)16-14(10-17)8-6-5-7-9-14/h17H,5-10,15H2,1-4H3,(H,16,18). The van der Waals surface area contributed by atoms with Crippen LogP contribution in [0.15, 0.2) is 0 Å². The largest absolute Gasteiger partial charge is 0.394 e. The Balaban J connectivity index is 2.79. The van der Waals surface area contributed by atoms with Crippen LogP contribution in [0, 0.1) is 5.41 Å². The quantitative estimate of drug-likeness (QED) is 0.714. The average Bonchev–Trinajstić information content (AvgIpc) is 2.28. The maximum atomic E-state index is 12.4. The maximum Gasteiger partial charge on any atom is 0.228 e. The topological polar surface area (TPSA) is 75.4 Å². The summed E-state index contributed by atoms with van der Waals surface area (Å²) in [7, 11) is 0. The number of aliphatic hydroxyl groups excluding tert-OH is 1. The Bertz CT molecular complexity index is 299. The molecule has 0 unspecified atom stereocenters. The number of rotatable bonds is 4. The first-order valence-electron chi connectivity index (χ1n) is 6.87. The van der Waals surface area contributed by atoms with Crippen molar-refractivity contribution in [3.63, 3.8) is 0 Å². The van der Waals surface area contributed by atoms with Crippen molar-refractivity contribution in [2.45, 2.75) is 70.9 Å². The monoisotopic (exact) mass is 256 g/mol. The summed E-state index contributed by atoms with van der Waals surface area (Å²) in [6.45, 7) is 7.45. The van der Waals surface area contributed by atoms with Crippen LogP contribution in [0.3, 0.4) is 0 Å². The second-order valence-electron chi connectivity index (χ2n) is 6.80. The molecule has 1 aliphatic carbocycles. The van der Waals surface area contributed by atoms with Gasteiger partial charge in [0, 0.05) is 5.54 Å². The number of nitrogens with one attached hydrogen (secondary N) is 1. The van der Waals surface area contributed by atoms with Gasteiger partial charge in [0.1, 0.15) is 0 Å². The van der Waals surface area contributed by atoms with E-state index in [4.69, 9.17) is 5.73 Å². The van der Waals surface area contributed by atoms with Crippen LogP contribution in [0.25, 0.3) is 0 Å².